The first-order valence-corrected chi connectivity index (χ1v) is 11.6. The molecule has 0 saturated carbocycles. The molecule has 3 rings (SSSR count). The molecule has 0 saturated heterocycles. The van der Waals surface area contributed by atoms with Gasteiger partial charge in [0.2, 0.25) is 5.91 Å². The van der Waals surface area contributed by atoms with Crippen molar-refractivity contribution in [1.29, 1.82) is 0 Å². The highest BCUT2D eigenvalue weighted by molar-refractivity contribution is 7.90. The molecular weight excluding hydrogens is 410 g/mol. The quantitative estimate of drug-likeness (QED) is 0.555. The third kappa shape index (κ3) is 6.17. The van der Waals surface area contributed by atoms with Crippen LogP contribution in [0.3, 0.4) is 0 Å². The number of halogens is 1. The van der Waals surface area contributed by atoms with E-state index in [0.717, 1.165) is 16.8 Å². The second kappa shape index (κ2) is 9.24. The molecule has 0 atom stereocenters. The Morgan fingerprint density at radius 1 is 1.10 bits per heavy atom. The highest BCUT2D eigenvalue weighted by Crippen LogP contribution is 2.25. The number of carbonyl (C=O) groups excluding carboxylic acids is 1. The average molecular weight is 432 g/mol. The number of nitrogens with zero attached hydrogens (tertiary/aromatic N) is 2. The highest BCUT2D eigenvalue weighted by atomic mass is 35.5. The maximum Gasteiger partial charge on any atom is 0.224 e. The minimum atomic E-state index is -3.03. The SMILES string of the molecule is CS(=O)(=O)CCCNC(=O)Cc1cn(-c2ccccc2)nc1-c1ccc(Cl)cc1. The Morgan fingerprint density at radius 2 is 1.79 bits per heavy atom. The van der Waals surface area contributed by atoms with Crippen LogP contribution in [0.15, 0.2) is 60.8 Å². The first-order valence-electron chi connectivity index (χ1n) is 9.16. The first kappa shape index (κ1) is 21.1. The van der Waals surface area contributed by atoms with Crippen LogP contribution in [0.25, 0.3) is 16.9 Å². The second-order valence-electron chi connectivity index (χ2n) is 6.80. The smallest absolute Gasteiger partial charge is 0.224 e. The third-order valence-electron chi connectivity index (χ3n) is 4.29. The molecule has 1 aromatic heterocycles. The molecular formula is C21H22ClN3O3S. The van der Waals surface area contributed by atoms with E-state index in [-0.39, 0.29) is 18.1 Å². The molecule has 0 aliphatic carbocycles. The number of aromatic nitrogens is 2. The molecule has 0 aliphatic rings. The third-order valence-corrected chi connectivity index (χ3v) is 5.58. The monoisotopic (exact) mass is 431 g/mol. The summed E-state index contributed by atoms with van der Waals surface area (Å²) in [4.78, 5) is 12.4. The summed E-state index contributed by atoms with van der Waals surface area (Å²) >= 11 is 5.99. The molecule has 3 aromatic rings. The van der Waals surface area contributed by atoms with Gasteiger partial charge in [-0.2, -0.15) is 5.10 Å². The van der Waals surface area contributed by atoms with Gasteiger partial charge in [0.1, 0.15) is 9.84 Å². The zero-order valence-electron chi connectivity index (χ0n) is 16.0. The fourth-order valence-corrected chi connectivity index (χ4v) is 3.70. The summed E-state index contributed by atoms with van der Waals surface area (Å²) in [6, 6.07) is 17.0. The van der Waals surface area contributed by atoms with Gasteiger partial charge in [0.15, 0.2) is 0 Å². The van der Waals surface area contributed by atoms with Crippen molar-refractivity contribution in [2.24, 2.45) is 0 Å². The lowest BCUT2D eigenvalue weighted by Gasteiger charge is -2.05. The van der Waals surface area contributed by atoms with Gasteiger partial charge in [-0.1, -0.05) is 41.9 Å². The van der Waals surface area contributed by atoms with Crippen molar-refractivity contribution in [3.8, 4) is 16.9 Å². The molecule has 29 heavy (non-hydrogen) atoms. The molecule has 1 N–H and O–H groups in total. The lowest BCUT2D eigenvalue weighted by Crippen LogP contribution is -2.27. The lowest BCUT2D eigenvalue weighted by molar-refractivity contribution is -0.120. The summed E-state index contributed by atoms with van der Waals surface area (Å²) in [5, 5.41) is 8.08. The normalized spacial score (nSPS) is 11.4. The molecule has 6 nitrogen and oxygen atoms in total. The summed E-state index contributed by atoms with van der Waals surface area (Å²) in [6.07, 6.45) is 3.56. The molecule has 0 bridgehead atoms. The summed E-state index contributed by atoms with van der Waals surface area (Å²) in [7, 11) is -3.03. The van der Waals surface area contributed by atoms with Gasteiger partial charge in [0.25, 0.3) is 0 Å². The van der Waals surface area contributed by atoms with Gasteiger partial charge in [-0.3, -0.25) is 4.79 Å². The van der Waals surface area contributed by atoms with Crippen LogP contribution < -0.4 is 5.32 Å². The van der Waals surface area contributed by atoms with Crippen LogP contribution in [0.1, 0.15) is 12.0 Å². The van der Waals surface area contributed by atoms with E-state index in [2.05, 4.69) is 10.4 Å². The molecule has 1 heterocycles. The number of hydrogen-bond acceptors (Lipinski definition) is 4. The van der Waals surface area contributed by atoms with Crippen molar-refractivity contribution < 1.29 is 13.2 Å². The van der Waals surface area contributed by atoms with Crippen molar-refractivity contribution >= 4 is 27.3 Å². The molecule has 0 unspecified atom stereocenters. The van der Waals surface area contributed by atoms with E-state index in [1.54, 1.807) is 16.8 Å². The Balaban J connectivity index is 1.79. The van der Waals surface area contributed by atoms with Gasteiger partial charge in [0, 0.05) is 35.1 Å². The first-order chi connectivity index (χ1) is 13.8. The van der Waals surface area contributed by atoms with E-state index < -0.39 is 9.84 Å². The Kier molecular flexibility index (Phi) is 6.71. The summed E-state index contributed by atoms with van der Waals surface area (Å²) in [5.74, 6) is -0.128. The molecule has 0 fully saturated rings. The zero-order chi connectivity index (χ0) is 20.9. The number of nitrogens with one attached hydrogen (secondary N) is 1. The molecule has 0 aliphatic heterocycles. The van der Waals surface area contributed by atoms with Gasteiger partial charge in [-0.15, -0.1) is 0 Å². The summed E-state index contributed by atoms with van der Waals surface area (Å²) in [6.45, 7) is 0.314. The lowest BCUT2D eigenvalue weighted by atomic mass is 10.1. The molecule has 0 spiro atoms. The predicted octanol–water partition coefficient (Wildman–Crippen LogP) is 3.29. The van der Waals surface area contributed by atoms with Crippen molar-refractivity contribution in [3.63, 3.8) is 0 Å². The van der Waals surface area contributed by atoms with Gasteiger partial charge < -0.3 is 5.32 Å². The maximum absolute atomic E-state index is 12.4. The molecule has 2 aromatic carbocycles. The van der Waals surface area contributed by atoms with E-state index in [1.165, 1.54) is 6.26 Å². The van der Waals surface area contributed by atoms with E-state index in [4.69, 9.17) is 11.6 Å². The Morgan fingerprint density at radius 3 is 2.45 bits per heavy atom. The Hall–Kier alpha value is -2.64. The van der Waals surface area contributed by atoms with E-state index in [0.29, 0.717) is 23.7 Å². The fourth-order valence-electron chi connectivity index (χ4n) is 2.90. The van der Waals surface area contributed by atoms with Crippen molar-refractivity contribution in [2.75, 3.05) is 18.6 Å². The standard InChI is InChI=1S/C21H22ClN3O3S/c1-29(27,28)13-5-12-23-20(26)14-17-15-25(19-6-3-2-4-7-19)24-21(17)16-8-10-18(22)11-9-16/h2-4,6-11,15H,5,12-14H2,1H3,(H,23,26). The van der Waals surface area contributed by atoms with Crippen LogP contribution in [0.2, 0.25) is 5.02 Å². The second-order valence-corrected chi connectivity index (χ2v) is 9.50. The molecule has 1 amide bonds. The van der Waals surface area contributed by atoms with Crippen LogP contribution in [0, 0.1) is 0 Å². The van der Waals surface area contributed by atoms with Crippen LogP contribution in [0.5, 0.6) is 0 Å². The van der Waals surface area contributed by atoms with Crippen molar-refractivity contribution in [1.82, 2.24) is 15.1 Å². The van der Waals surface area contributed by atoms with Crippen molar-refractivity contribution in [3.05, 3.63) is 71.4 Å². The number of carbonyl (C=O) groups is 1. The number of benzene rings is 2. The van der Waals surface area contributed by atoms with Crippen LogP contribution in [-0.2, 0) is 21.1 Å². The predicted molar refractivity (Wildman–Crippen MR) is 115 cm³/mol. The van der Waals surface area contributed by atoms with E-state index in [1.807, 2.05) is 48.7 Å². The summed E-state index contributed by atoms with van der Waals surface area (Å²) < 4.78 is 24.1. The van der Waals surface area contributed by atoms with Crippen LogP contribution in [-0.4, -0.2) is 42.7 Å². The molecule has 152 valence electrons. The van der Waals surface area contributed by atoms with Crippen LogP contribution >= 0.6 is 11.6 Å². The van der Waals surface area contributed by atoms with Crippen LogP contribution in [0.4, 0.5) is 0 Å². The number of sulfone groups is 1. The minimum absolute atomic E-state index is 0.0508. The van der Waals surface area contributed by atoms with E-state index in [9.17, 15) is 13.2 Å². The van der Waals surface area contributed by atoms with E-state index >= 15 is 0 Å². The number of hydrogen-bond donors (Lipinski definition) is 1. The molecule has 8 heteroatoms. The maximum atomic E-state index is 12.4. The van der Waals surface area contributed by atoms with Gasteiger partial charge in [-0.25, -0.2) is 13.1 Å². The van der Waals surface area contributed by atoms with Gasteiger partial charge in [-0.05, 0) is 30.7 Å². The van der Waals surface area contributed by atoms with Gasteiger partial charge in [0.05, 0.1) is 23.6 Å². The highest BCUT2D eigenvalue weighted by Gasteiger charge is 2.15. The largest absolute Gasteiger partial charge is 0.356 e. The average Bonchev–Trinajstić information content (AvgIpc) is 3.09. The Labute approximate surface area is 175 Å². The number of rotatable bonds is 8. The van der Waals surface area contributed by atoms with Crippen molar-refractivity contribution in [2.45, 2.75) is 12.8 Å². The number of amides is 1. The minimum Gasteiger partial charge on any atom is -0.356 e. The topological polar surface area (TPSA) is 81.1 Å². The fraction of sp³-hybridized carbons (Fsp3) is 0.238. The number of para-hydroxylation sites is 1. The Bertz CT molecular complexity index is 1080. The van der Waals surface area contributed by atoms with Gasteiger partial charge >= 0.3 is 0 Å². The summed E-state index contributed by atoms with van der Waals surface area (Å²) in [5.41, 5.74) is 3.24. The molecule has 0 radical (unpaired) electrons. The zero-order valence-corrected chi connectivity index (χ0v) is 17.6.